The van der Waals surface area contributed by atoms with Crippen LogP contribution in [0.15, 0.2) is 65.8 Å². The maximum absolute atomic E-state index is 12.5. The number of anilines is 1. The van der Waals surface area contributed by atoms with E-state index >= 15 is 0 Å². The minimum absolute atomic E-state index is 0.214. The van der Waals surface area contributed by atoms with Crippen molar-refractivity contribution >= 4 is 26.5 Å². The van der Waals surface area contributed by atoms with Gasteiger partial charge in [0.05, 0.1) is 17.2 Å². The number of nitrogens with zero attached hydrogens (tertiary/aromatic N) is 1. The van der Waals surface area contributed by atoms with Gasteiger partial charge in [-0.2, -0.15) is 0 Å². The molecular formula is C17H16N2O3S. The summed E-state index contributed by atoms with van der Waals surface area (Å²) in [6, 6.07) is 13.8. The summed E-state index contributed by atoms with van der Waals surface area (Å²) in [5.74, 6) is 0.769. The lowest BCUT2D eigenvalue weighted by Gasteiger charge is -2.09. The molecular weight excluding hydrogens is 312 g/mol. The quantitative estimate of drug-likeness (QED) is 0.779. The molecule has 3 rings (SSSR count). The molecule has 1 N–H and O–H groups in total. The second kappa shape index (κ2) is 6.26. The molecule has 3 aromatic rings. The molecule has 2 aromatic carbocycles. The van der Waals surface area contributed by atoms with Crippen molar-refractivity contribution in [1.29, 1.82) is 0 Å². The van der Waals surface area contributed by atoms with Crippen LogP contribution in [0, 0.1) is 0 Å². The van der Waals surface area contributed by atoms with Crippen LogP contribution in [0.4, 0.5) is 5.69 Å². The number of fused-ring (bicyclic) bond motifs is 1. The number of hydrogen-bond donors (Lipinski definition) is 1. The zero-order valence-electron chi connectivity index (χ0n) is 12.6. The number of aromatic nitrogens is 1. The molecule has 0 saturated carbocycles. The summed E-state index contributed by atoms with van der Waals surface area (Å²) in [6.45, 7) is 2.51. The number of pyridine rings is 1. The van der Waals surface area contributed by atoms with Gasteiger partial charge < -0.3 is 4.74 Å². The predicted octanol–water partition coefficient (Wildman–Crippen LogP) is 3.43. The van der Waals surface area contributed by atoms with E-state index in [1.165, 1.54) is 12.4 Å². The standard InChI is InChI=1S/C17H16N2O3S/c1-2-22-16-5-3-14-12-17(6-4-13(14)11-16)23(20,21)19-15-7-9-18-10-8-15/h3-12H,2H2,1H3,(H,18,19). The lowest BCUT2D eigenvalue weighted by atomic mass is 10.1. The Kier molecular flexibility index (Phi) is 4.16. The van der Waals surface area contributed by atoms with E-state index in [2.05, 4.69) is 9.71 Å². The van der Waals surface area contributed by atoms with Crippen molar-refractivity contribution in [2.45, 2.75) is 11.8 Å². The number of ether oxygens (including phenoxy) is 1. The Morgan fingerprint density at radius 1 is 1.00 bits per heavy atom. The molecule has 0 atom stereocenters. The Morgan fingerprint density at radius 2 is 1.70 bits per heavy atom. The van der Waals surface area contributed by atoms with Crippen LogP contribution in [-0.4, -0.2) is 20.0 Å². The molecule has 0 radical (unpaired) electrons. The van der Waals surface area contributed by atoms with E-state index < -0.39 is 10.0 Å². The van der Waals surface area contributed by atoms with E-state index in [0.29, 0.717) is 12.3 Å². The molecule has 1 aromatic heterocycles. The highest BCUT2D eigenvalue weighted by Crippen LogP contribution is 2.24. The summed E-state index contributed by atoms with van der Waals surface area (Å²) in [4.78, 5) is 4.08. The van der Waals surface area contributed by atoms with Crippen LogP contribution >= 0.6 is 0 Å². The topological polar surface area (TPSA) is 68.3 Å². The highest BCUT2D eigenvalue weighted by molar-refractivity contribution is 7.92. The zero-order chi connectivity index (χ0) is 16.3. The van der Waals surface area contributed by atoms with Crippen molar-refractivity contribution in [2.75, 3.05) is 11.3 Å². The fourth-order valence-electron chi connectivity index (χ4n) is 2.26. The first kappa shape index (κ1) is 15.3. The third-order valence-corrected chi connectivity index (χ3v) is 4.72. The summed E-state index contributed by atoms with van der Waals surface area (Å²) in [5, 5.41) is 1.77. The average molecular weight is 328 g/mol. The van der Waals surface area contributed by atoms with Gasteiger partial charge in [-0.25, -0.2) is 8.42 Å². The summed E-state index contributed by atoms with van der Waals surface area (Å²) in [6.07, 6.45) is 3.07. The van der Waals surface area contributed by atoms with E-state index in [0.717, 1.165) is 16.5 Å². The Labute approximate surface area is 135 Å². The zero-order valence-corrected chi connectivity index (χ0v) is 13.4. The van der Waals surface area contributed by atoms with Crippen LogP contribution < -0.4 is 9.46 Å². The first-order chi connectivity index (χ1) is 11.1. The van der Waals surface area contributed by atoms with Crippen molar-refractivity contribution in [3.05, 3.63) is 60.9 Å². The van der Waals surface area contributed by atoms with Gasteiger partial charge in [0.2, 0.25) is 0 Å². The van der Waals surface area contributed by atoms with Crippen molar-refractivity contribution in [3.63, 3.8) is 0 Å². The van der Waals surface area contributed by atoms with Crippen molar-refractivity contribution in [3.8, 4) is 5.75 Å². The average Bonchev–Trinajstić information content (AvgIpc) is 2.55. The minimum Gasteiger partial charge on any atom is -0.494 e. The van der Waals surface area contributed by atoms with E-state index in [4.69, 9.17) is 4.74 Å². The monoisotopic (exact) mass is 328 g/mol. The molecule has 0 amide bonds. The normalized spacial score (nSPS) is 11.3. The van der Waals surface area contributed by atoms with Gasteiger partial charge in [-0.1, -0.05) is 12.1 Å². The first-order valence-electron chi connectivity index (χ1n) is 7.18. The number of benzene rings is 2. The Balaban J connectivity index is 1.94. The van der Waals surface area contributed by atoms with Gasteiger partial charge in [0.1, 0.15) is 5.75 Å². The molecule has 1 heterocycles. The Morgan fingerprint density at radius 3 is 2.43 bits per heavy atom. The third-order valence-electron chi connectivity index (χ3n) is 3.34. The van der Waals surface area contributed by atoms with Crippen LogP contribution in [0.5, 0.6) is 5.75 Å². The summed E-state index contributed by atoms with van der Waals surface area (Å²) < 4.78 is 32.9. The van der Waals surface area contributed by atoms with Crippen molar-refractivity contribution < 1.29 is 13.2 Å². The second-order valence-electron chi connectivity index (χ2n) is 4.95. The molecule has 0 saturated heterocycles. The van der Waals surface area contributed by atoms with Gasteiger partial charge in [-0.3, -0.25) is 9.71 Å². The Hall–Kier alpha value is -2.60. The summed E-state index contributed by atoms with van der Waals surface area (Å²) >= 11 is 0. The molecule has 0 aliphatic carbocycles. The minimum atomic E-state index is -3.63. The van der Waals surface area contributed by atoms with Gasteiger partial charge in [0, 0.05) is 12.4 Å². The SMILES string of the molecule is CCOc1ccc2cc(S(=O)(=O)Nc3ccncc3)ccc2c1. The van der Waals surface area contributed by atoms with Gasteiger partial charge in [0.15, 0.2) is 0 Å². The van der Waals surface area contributed by atoms with Crippen LogP contribution in [-0.2, 0) is 10.0 Å². The Bertz CT molecular complexity index is 925. The smallest absolute Gasteiger partial charge is 0.261 e. The molecule has 23 heavy (non-hydrogen) atoms. The molecule has 0 aliphatic heterocycles. The summed E-state index contributed by atoms with van der Waals surface area (Å²) in [7, 11) is -3.63. The molecule has 0 spiro atoms. The molecule has 6 heteroatoms. The van der Waals surface area contributed by atoms with E-state index in [-0.39, 0.29) is 4.90 Å². The summed E-state index contributed by atoms with van der Waals surface area (Å²) in [5.41, 5.74) is 0.479. The fraction of sp³-hybridized carbons (Fsp3) is 0.118. The third kappa shape index (κ3) is 3.43. The van der Waals surface area contributed by atoms with Crippen LogP contribution in [0.3, 0.4) is 0 Å². The predicted molar refractivity (Wildman–Crippen MR) is 90.2 cm³/mol. The lowest BCUT2D eigenvalue weighted by molar-refractivity contribution is 0.341. The van der Waals surface area contributed by atoms with Gasteiger partial charge in [0.25, 0.3) is 10.0 Å². The van der Waals surface area contributed by atoms with E-state index in [1.54, 1.807) is 30.3 Å². The number of sulfonamides is 1. The molecule has 0 unspecified atom stereocenters. The molecule has 118 valence electrons. The van der Waals surface area contributed by atoms with Gasteiger partial charge in [-0.15, -0.1) is 0 Å². The van der Waals surface area contributed by atoms with E-state index in [9.17, 15) is 8.42 Å². The molecule has 5 nitrogen and oxygen atoms in total. The molecule has 0 fully saturated rings. The second-order valence-corrected chi connectivity index (χ2v) is 6.63. The van der Waals surface area contributed by atoms with Gasteiger partial charge >= 0.3 is 0 Å². The van der Waals surface area contributed by atoms with Crippen LogP contribution in [0.2, 0.25) is 0 Å². The number of rotatable bonds is 5. The molecule has 0 aliphatic rings. The largest absolute Gasteiger partial charge is 0.494 e. The highest BCUT2D eigenvalue weighted by Gasteiger charge is 2.14. The van der Waals surface area contributed by atoms with Crippen molar-refractivity contribution in [1.82, 2.24) is 4.98 Å². The van der Waals surface area contributed by atoms with Gasteiger partial charge in [-0.05, 0) is 54.1 Å². The number of nitrogens with one attached hydrogen (secondary N) is 1. The van der Waals surface area contributed by atoms with Crippen molar-refractivity contribution in [2.24, 2.45) is 0 Å². The maximum Gasteiger partial charge on any atom is 0.261 e. The molecule has 0 bridgehead atoms. The lowest BCUT2D eigenvalue weighted by Crippen LogP contribution is -2.12. The van der Waals surface area contributed by atoms with E-state index in [1.807, 2.05) is 25.1 Å². The highest BCUT2D eigenvalue weighted by atomic mass is 32.2. The maximum atomic E-state index is 12.5. The van der Waals surface area contributed by atoms with Crippen LogP contribution in [0.25, 0.3) is 10.8 Å². The number of hydrogen-bond acceptors (Lipinski definition) is 4. The first-order valence-corrected chi connectivity index (χ1v) is 8.66. The van der Waals surface area contributed by atoms with Crippen LogP contribution in [0.1, 0.15) is 6.92 Å². The fourth-order valence-corrected chi connectivity index (χ4v) is 3.35.